The van der Waals surface area contributed by atoms with Gasteiger partial charge in [-0.2, -0.15) is 0 Å². The van der Waals surface area contributed by atoms with Crippen molar-refractivity contribution in [3.63, 3.8) is 0 Å². The Bertz CT molecular complexity index is 226. The first kappa shape index (κ1) is 13.5. The van der Waals surface area contributed by atoms with E-state index in [0.717, 1.165) is 24.7 Å². The number of carboxylic acid groups (broad SMARTS) is 1. The zero-order valence-electron chi connectivity index (χ0n) is 10.5. The smallest absolute Gasteiger partial charge is 0.320 e. The van der Waals surface area contributed by atoms with Crippen LogP contribution in [0, 0.1) is 17.8 Å². The molecule has 0 aromatic heterocycles. The van der Waals surface area contributed by atoms with E-state index in [4.69, 9.17) is 10.8 Å². The van der Waals surface area contributed by atoms with Gasteiger partial charge in [0.1, 0.15) is 6.04 Å². The molecule has 0 aromatic carbocycles. The second-order valence-electron chi connectivity index (χ2n) is 5.36. The lowest BCUT2D eigenvalue weighted by molar-refractivity contribution is -0.139. The van der Waals surface area contributed by atoms with E-state index in [9.17, 15) is 4.79 Å². The van der Waals surface area contributed by atoms with Crippen molar-refractivity contribution in [2.24, 2.45) is 23.5 Å². The van der Waals surface area contributed by atoms with Gasteiger partial charge in [0.2, 0.25) is 0 Å². The first-order valence-corrected chi connectivity index (χ1v) is 6.53. The van der Waals surface area contributed by atoms with Crippen LogP contribution in [0.5, 0.6) is 0 Å². The van der Waals surface area contributed by atoms with Gasteiger partial charge in [0.15, 0.2) is 0 Å². The third kappa shape index (κ3) is 3.78. The van der Waals surface area contributed by atoms with E-state index >= 15 is 0 Å². The molecule has 1 fully saturated rings. The van der Waals surface area contributed by atoms with E-state index in [2.05, 4.69) is 13.8 Å². The van der Waals surface area contributed by atoms with Gasteiger partial charge in [-0.1, -0.05) is 39.5 Å². The van der Waals surface area contributed by atoms with Gasteiger partial charge in [0, 0.05) is 0 Å². The fourth-order valence-corrected chi connectivity index (χ4v) is 2.62. The quantitative estimate of drug-likeness (QED) is 0.702. The molecular formula is C13H25NO2. The molecule has 3 nitrogen and oxygen atoms in total. The van der Waals surface area contributed by atoms with Gasteiger partial charge in [-0.3, -0.25) is 4.79 Å². The van der Waals surface area contributed by atoms with E-state index in [-0.39, 0.29) is 0 Å². The summed E-state index contributed by atoms with van der Waals surface area (Å²) in [5, 5.41) is 8.80. The van der Waals surface area contributed by atoms with Crippen molar-refractivity contribution in [2.45, 2.75) is 58.4 Å². The SMILES string of the molecule is CCC(CC(N)C(=O)O)CC(C)C1CCC1. The first-order valence-electron chi connectivity index (χ1n) is 6.53. The Morgan fingerprint density at radius 2 is 2.06 bits per heavy atom. The largest absolute Gasteiger partial charge is 0.480 e. The molecule has 0 aliphatic heterocycles. The van der Waals surface area contributed by atoms with Gasteiger partial charge in [-0.25, -0.2) is 0 Å². The van der Waals surface area contributed by atoms with Crippen molar-refractivity contribution in [1.82, 2.24) is 0 Å². The standard InChI is InChI=1S/C13H25NO2/c1-3-10(8-12(14)13(15)16)7-9(2)11-5-4-6-11/h9-12H,3-8,14H2,1-2H3,(H,15,16). The van der Waals surface area contributed by atoms with E-state index in [1.54, 1.807) is 0 Å². The summed E-state index contributed by atoms with van der Waals surface area (Å²) < 4.78 is 0. The zero-order chi connectivity index (χ0) is 12.1. The number of rotatable bonds is 7. The van der Waals surface area contributed by atoms with E-state index in [1.807, 2.05) is 0 Å². The Morgan fingerprint density at radius 1 is 1.44 bits per heavy atom. The lowest BCUT2D eigenvalue weighted by atomic mass is 9.72. The number of aliphatic carboxylic acids is 1. The summed E-state index contributed by atoms with van der Waals surface area (Å²) in [6, 6.07) is -0.682. The molecule has 1 aliphatic carbocycles. The monoisotopic (exact) mass is 227 g/mol. The second-order valence-corrected chi connectivity index (χ2v) is 5.36. The topological polar surface area (TPSA) is 63.3 Å². The van der Waals surface area contributed by atoms with Crippen molar-refractivity contribution < 1.29 is 9.90 Å². The third-order valence-electron chi connectivity index (χ3n) is 4.14. The Balaban J connectivity index is 2.32. The van der Waals surface area contributed by atoms with Gasteiger partial charge in [0.25, 0.3) is 0 Å². The molecule has 1 aliphatic rings. The summed E-state index contributed by atoms with van der Waals surface area (Å²) in [5.41, 5.74) is 5.59. The number of carboxylic acids is 1. The van der Waals surface area contributed by atoms with Crippen molar-refractivity contribution in [3.8, 4) is 0 Å². The third-order valence-corrected chi connectivity index (χ3v) is 4.14. The Labute approximate surface area is 98.4 Å². The zero-order valence-corrected chi connectivity index (χ0v) is 10.5. The summed E-state index contributed by atoms with van der Waals surface area (Å²) in [7, 11) is 0. The predicted octanol–water partition coefficient (Wildman–Crippen LogP) is 2.64. The molecule has 1 rings (SSSR count). The fraction of sp³-hybridized carbons (Fsp3) is 0.923. The van der Waals surface area contributed by atoms with Crippen LogP contribution in [0.2, 0.25) is 0 Å². The predicted molar refractivity (Wildman–Crippen MR) is 65.1 cm³/mol. The fourth-order valence-electron chi connectivity index (χ4n) is 2.62. The maximum absolute atomic E-state index is 10.7. The van der Waals surface area contributed by atoms with Gasteiger partial charge in [-0.05, 0) is 30.6 Å². The average Bonchev–Trinajstić information content (AvgIpc) is 2.13. The van der Waals surface area contributed by atoms with Crippen LogP contribution >= 0.6 is 0 Å². The molecule has 0 saturated heterocycles. The first-order chi connectivity index (χ1) is 7.54. The van der Waals surface area contributed by atoms with Crippen molar-refractivity contribution in [2.75, 3.05) is 0 Å². The average molecular weight is 227 g/mol. The summed E-state index contributed by atoms with van der Waals surface area (Å²) >= 11 is 0. The molecule has 0 bridgehead atoms. The van der Waals surface area contributed by atoms with Gasteiger partial charge >= 0.3 is 5.97 Å². The molecule has 0 radical (unpaired) electrons. The van der Waals surface area contributed by atoms with Gasteiger partial charge in [-0.15, -0.1) is 0 Å². The highest BCUT2D eigenvalue weighted by molar-refractivity contribution is 5.73. The van der Waals surface area contributed by atoms with Crippen LogP contribution in [-0.4, -0.2) is 17.1 Å². The molecular weight excluding hydrogens is 202 g/mol. The van der Waals surface area contributed by atoms with Crippen LogP contribution in [0.25, 0.3) is 0 Å². The maximum atomic E-state index is 10.7. The molecule has 0 aromatic rings. The van der Waals surface area contributed by atoms with Gasteiger partial charge in [0.05, 0.1) is 0 Å². The molecule has 1 saturated carbocycles. The number of hydrogen-bond donors (Lipinski definition) is 2. The Kier molecular flexibility index (Phi) is 5.26. The van der Waals surface area contributed by atoms with Crippen molar-refractivity contribution >= 4 is 5.97 Å². The molecule has 3 N–H and O–H groups in total. The van der Waals surface area contributed by atoms with Crippen LogP contribution < -0.4 is 5.73 Å². The lowest BCUT2D eigenvalue weighted by Gasteiger charge is -2.33. The molecule has 0 amide bonds. The minimum Gasteiger partial charge on any atom is -0.480 e. The summed E-state index contributed by atoms with van der Waals surface area (Å²) in [6.45, 7) is 4.44. The molecule has 0 spiro atoms. The highest BCUT2D eigenvalue weighted by atomic mass is 16.4. The van der Waals surface area contributed by atoms with Crippen LogP contribution in [0.1, 0.15) is 52.4 Å². The summed E-state index contributed by atoms with van der Waals surface area (Å²) in [4.78, 5) is 10.7. The minimum atomic E-state index is -0.866. The minimum absolute atomic E-state index is 0.474. The summed E-state index contributed by atoms with van der Waals surface area (Å²) in [5.74, 6) is 1.23. The normalized spacial score (nSPS) is 22.2. The Morgan fingerprint density at radius 3 is 2.44 bits per heavy atom. The highest BCUT2D eigenvalue weighted by Gasteiger charge is 2.27. The molecule has 3 heteroatoms. The number of carbonyl (C=O) groups is 1. The van der Waals surface area contributed by atoms with Crippen molar-refractivity contribution in [3.05, 3.63) is 0 Å². The van der Waals surface area contributed by atoms with E-state index in [1.165, 1.54) is 19.3 Å². The molecule has 94 valence electrons. The van der Waals surface area contributed by atoms with Crippen LogP contribution in [0.4, 0.5) is 0 Å². The van der Waals surface area contributed by atoms with E-state index < -0.39 is 12.0 Å². The van der Waals surface area contributed by atoms with Gasteiger partial charge < -0.3 is 10.8 Å². The molecule has 16 heavy (non-hydrogen) atoms. The molecule has 0 heterocycles. The van der Waals surface area contributed by atoms with Crippen LogP contribution in [-0.2, 0) is 4.79 Å². The maximum Gasteiger partial charge on any atom is 0.320 e. The highest BCUT2D eigenvalue weighted by Crippen LogP contribution is 2.37. The Hall–Kier alpha value is -0.570. The molecule has 3 unspecified atom stereocenters. The lowest BCUT2D eigenvalue weighted by Crippen LogP contribution is -2.33. The van der Waals surface area contributed by atoms with Crippen LogP contribution in [0.15, 0.2) is 0 Å². The van der Waals surface area contributed by atoms with E-state index in [0.29, 0.717) is 12.3 Å². The number of nitrogens with two attached hydrogens (primary N) is 1. The van der Waals surface area contributed by atoms with Crippen LogP contribution in [0.3, 0.4) is 0 Å². The second kappa shape index (κ2) is 6.24. The van der Waals surface area contributed by atoms with Crippen molar-refractivity contribution in [1.29, 1.82) is 0 Å². The number of hydrogen-bond acceptors (Lipinski definition) is 2. The summed E-state index contributed by atoms with van der Waals surface area (Å²) in [6.07, 6.45) is 6.91. The molecule has 3 atom stereocenters.